The molecular weight excluding hydrogens is 98.1 g/mol. The molecule has 0 N–H and O–H groups in total. The summed E-state index contributed by atoms with van der Waals surface area (Å²) in [6, 6.07) is 0. The van der Waals surface area contributed by atoms with E-state index in [1.165, 1.54) is 19.3 Å². The monoisotopic (exact) mass is 110 g/mol. The maximum absolute atomic E-state index is 5.30. The van der Waals surface area contributed by atoms with E-state index in [1.807, 2.05) is 0 Å². The molecule has 0 atom stereocenters. The van der Waals surface area contributed by atoms with E-state index in [2.05, 4.69) is 4.90 Å². The van der Waals surface area contributed by atoms with Crippen LogP contribution < -0.4 is 0 Å². The number of likely N-dealkylation sites (tertiary alicyclic amines) is 1. The normalized spacial score (nSPS) is 20.8. The third-order valence-corrected chi connectivity index (χ3v) is 1.60. The lowest BCUT2D eigenvalue weighted by Crippen LogP contribution is -2.23. The minimum atomic E-state index is 1.16. The molecular formula is C7H12N. The van der Waals surface area contributed by atoms with Gasteiger partial charge in [-0.1, -0.05) is 0 Å². The van der Waals surface area contributed by atoms with Crippen molar-refractivity contribution in [2.45, 2.75) is 19.3 Å². The minimum Gasteiger partial charge on any atom is -0.377 e. The first-order valence-corrected chi connectivity index (χ1v) is 3.22. The van der Waals surface area contributed by atoms with Crippen LogP contribution in [-0.4, -0.2) is 18.0 Å². The minimum absolute atomic E-state index is 1.16. The molecule has 8 heavy (non-hydrogen) atoms. The van der Waals surface area contributed by atoms with Crippen molar-refractivity contribution in [2.24, 2.45) is 0 Å². The lowest BCUT2D eigenvalue weighted by Gasteiger charge is -2.23. The van der Waals surface area contributed by atoms with Crippen molar-refractivity contribution in [1.29, 1.82) is 0 Å². The van der Waals surface area contributed by atoms with Crippen molar-refractivity contribution in [3.8, 4) is 0 Å². The van der Waals surface area contributed by atoms with Crippen LogP contribution in [0.3, 0.4) is 0 Å². The summed E-state index contributed by atoms with van der Waals surface area (Å²) in [6.45, 7) is 7.63. The average Bonchev–Trinajstić information content (AvgIpc) is 1.90. The molecule has 1 rings (SSSR count). The second kappa shape index (κ2) is 2.75. The average molecular weight is 110 g/mol. The van der Waals surface area contributed by atoms with Gasteiger partial charge >= 0.3 is 0 Å². The number of nitrogens with zero attached hydrogens (tertiary/aromatic N) is 1. The molecule has 1 saturated heterocycles. The molecule has 1 aliphatic rings. The molecule has 0 aromatic heterocycles. The molecule has 1 nitrogen and oxygen atoms in total. The van der Waals surface area contributed by atoms with Crippen molar-refractivity contribution < 1.29 is 0 Å². The SMILES string of the molecule is [CH]=CN1CCCCC1. The Hall–Kier alpha value is -0.460. The van der Waals surface area contributed by atoms with Crippen LogP contribution in [0.1, 0.15) is 19.3 Å². The Morgan fingerprint density at radius 1 is 1.12 bits per heavy atom. The number of hydrogen-bond donors (Lipinski definition) is 0. The summed E-state index contributed by atoms with van der Waals surface area (Å²) in [7, 11) is 0. The lowest BCUT2D eigenvalue weighted by atomic mass is 10.1. The Bertz CT molecular complexity index is 72.5. The molecule has 0 aliphatic carbocycles. The zero-order chi connectivity index (χ0) is 5.82. The highest BCUT2D eigenvalue weighted by molar-refractivity contribution is 4.71. The molecule has 0 amide bonds. The van der Waals surface area contributed by atoms with Gasteiger partial charge in [0.15, 0.2) is 0 Å². The maximum atomic E-state index is 5.30. The smallest absolute Gasteiger partial charge is 0.0172 e. The van der Waals surface area contributed by atoms with E-state index >= 15 is 0 Å². The quantitative estimate of drug-likeness (QED) is 0.493. The Labute approximate surface area is 51.0 Å². The molecule has 0 unspecified atom stereocenters. The Kier molecular flexibility index (Phi) is 1.95. The fourth-order valence-corrected chi connectivity index (χ4v) is 1.07. The zero-order valence-corrected chi connectivity index (χ0v) is 5.14. The van der Waals surface area contributed by atoms with Gasteiger partial charge in [-0.2, -0.15) is 0 Å². The van der Waals surface area contributed by atoms with Crippen molar-refractivity contribution >= 4 is 0 Å². The molecule has 0 saturated carbocycles. The van der Waals surface area contributed by atoms with E-state index in [9.17, 15) is 0 Å². The van der Waals surface area contributed by atoms with Crippen LogP contribution in [0.2, 0.25) is 0 Å². The van der Waals surface area contributed by atoms with Crippen LogP contribution in [0.25, 0.3) is 0 Å². The summed E-state index contributed by atoms with van der Waals surface area (Å²) in [5, 5.41) is 0. The first-order chi connectivity index (χ1) is 3.93. The van der Waals surface area contributed by atoms with Crippen molar-refractivity contribution in [3.05, 3.63) is 12.8 Å². The standard InChI is InChI=1S/C7H12N/c1-2-8-6-4-3-5-7-8/h1-2H,3-7H2. The van der Waals surface area contributed by atoms with Crippen LogP contribution in [0.4, 0.5) is 0 Å². The summed E-state index contributed by atoms with van der Waals surface area (Å²) >= 11 is 0. The molecule has 0 spiro atoms. The van der Waals surface area contributed by atoms with E-state index in [4.69, 9.17) is 6.58 Å². The fraction of sp³-hybridized carbons (Fsp3) is 0.714. The van der Waals surface area contributed by atoms with E-state index < -0.39 is 0 Å². The predicted molar refractivity (Wildman–Crippen MR) is 34.3 cm³/mol. The predicted octanol–water partition coefficient (Wildman–Crippen LogP) is 1.42. The van der Waals surface area contributed by atoms with Gasteiger partial charge in [-0.3, -0.25) is 0 Å². The number of rotatable bonds is 1. The third-order valence-electron chi connectivity index (χ3n) is 1.60. The molecule has 1 aliphatic heterocycles. The molecule has 1 fully saturated rings. The zero-order valence-electron chi connectivity index (χ0n) is 5.14. The summed E-state index contributed by atoms with van der Waals surface area (Å²) in [5.74, 6) is 0. The number of piperidine rings is 1. The van der Waals surface area contributed by atoms with Gasteiger partial charge in [0.1, 0.15) is 0 Å². The van der Waals surface area contributed by atoms with Crippen molar-refractivity contribution in [1.82, 2.24) is 4.90 Å². The summed E-state index contributed by atoms with van der Waals surface area (Å²) in [6.07, 6.45) is 5.70. The van der Waals surface area contributed by atoms with Crippen LogP contribution in [0, 0.1) is 6.58 Å². The Balaban J connectivity index is 2.22. The third kappa shape index (κ3) is 1.25. The van der Waals surface area contributed by atoms with Crippen molar-refractivity contribution in [2.75, 3.05) is 13.1 Å². The Morgan fingerprint density at radius 2 is 1.75 bits per heavy atom. The van der Waals surface area contributed by atoms with Crippen LogP contribution >= 0.6 is 0 Å². The number of hydrogen-bond acceptors (Lipinski definition) is 1. The summed E-state index contributed by atoms with van der Waals surface area (Å²) in [4.78, 5) is 2.17. The largest absolute Gasteiger partial charge is 0.377 e. The van der Waals surface area contributed by atoms with E-state index in [0.717, 1.165) is 13.1 Å². The molecule has 0 aromatic rings. The van der Waals surface area contributed by atoms with Gasteiger partial charge in [0.05, 0.1) is 0 Å². The van der Waals surface area contributed by atoms with E-state index in [-0.39, 0.29) is 0 Å². The highest BCUT2D eigenvalue weighted by Crippen LogP contribution is 2.07. The molecule has 1 heterocycles. The van der Waals surface area contributed by atoms with Crippen molar-refractivity contribution in [3.63, 3.8) is 0 Å². The molecule has 1 heteroatoms. The van der Waals surface area contributed by atoms with Crippen LogP contribution in [0.5, 0.6) is 0 Å². The summed E-state index contributed by atoms with van der Waals surface area (Å²) < 4.78 is 0. The lowest BCUT2D eigenvalue weighted by molar-refractivity contribution is 0.309. The molecule has 45 valence electrons. The van der Waals surface area contributed by atoms with Gasteiger partial charge < -0.3 is 4.90 Å². The molecule has 0 aromatic carbocycles. The van der Waals surface area contributed by atoms with Gasteiger partial charge in [-0.05, 0) is 32.0 Å². The van der Waals surface area contributed by atoms with Crippen LogP contribution in [-0.2, 0) is 0 Å². The van der Waals surface area contributed by atoms with Gasteiger partial charge in [-0.15, -0.1) is 0 Å². The maximum Gasteiger partial charge on any atom is 0.0172 e. The summed E-state index contributed by atoms with van der Waals surface area (Å²) in [5.41, 5.74) is 0. The van der Waals surface area contributed by atoms with E-state index in [1.54, 1.807) is 6.20 Å². The second-order valence-corrected chi connectivity index (χ2v) is 2.25. The van der Waals surface area contributed by atoms with Gasteiger partial charge in [0.25, 0.3) is 0 Å². The second-order valence-electron chi connectivity index (χ2n) is 2.25. The van der Waals surface area contributed by atoms with E-state index in [0.29, 0.717) is 0 Å². The highest BCUT2D eigenvalue weighted by atomic mass is 15.1. The molecule has 0 bridgehead atoms. The first-order valence-electron chi connectivity index (χ1n) is 3.22. The Morgan fingerprint density at radius 3 is 2.12 bits per heavy atom. The molecule has 1 radical (unpaired) electrons. The highest BCUT2D eigenvalue weighted by Gasteiger charge is 2.03. The van der Waals surface area contributed by atoms with Gasteiger partial charge in [0.2, 0.25) is 0 Å². The van der Waals surface area contributed by atoms with Gasteiger partial charge in [-0.25, -0.2) is 0 Å². The fourth-order valence-electron chi connectivity index (χ4n) is 1.07. The van der Waals surface area contributed by atoms with Crippen LogP contribution in [0.15, 0.2) is 6.20 Å². The van der Waals surface area contributed by atoms with Gasteiger partial charge in [0, 0.05) is 13.1 Å². The first kappa shape index (κ1) is 5.67. The topological polar surface area (TPSA) is 3.24 Å².